The number of halogens is 1. The van der Waals surface area contributed by atoms with E-state index in [0.717, 1.165) is 11.0 Å². The summed E-state index contributed by atoms with van der Waals surface area (Å²) in [6, 6.07) is 12.2. The molecule has 3 aromatic rings. The number of rotatable bonds is 3. The number of nitrogens with zero attached hydrogens (tertiary/aromatic N) is 2. The Kier molecular flexibility index (Phi) is 3.29. The first-order valence-electron chi connectivity index (χ1n) is 6.76. The molecule has 4 heteroatoms. The quantitative estimate of drug-likeness (QED) is 0.690. The summed E-state index contributed by atoms with van der Waals surface area (Å²) in [6.07, 6.45) is 0.205. The molecule has 0 spiro atoms. The minimum atomic E-state index is -0.297. The van der Waals surface area contributed by atoms with E-state index in [1.165, 1.54) is 12.1 Å². The number of Topliss-reactive ketones (excluding diaryl/α,β-unsaturated/α-hetero) is 1. The van der Waals surface area contributed by atoms with Crippen molar-refractivity contribution in [1.82, 2.24) is 9.55 Å². The fourth-order valence-electron chi connectivity index (χ4n) is 2.42. The zero-order valence-electron chi connectivity index (χ0n) is 11.9. The summed E-state index contributed by atoms with van der Waals surface area (Å²) in [4.78, 5) is 16.8. The summed E-state index contributed by atoms with van der Waals surface area (Å²) in [5.41, 5.74) is 2.86. The van der Waals surface area contributed by atoms with Crippen LogP contribution in [0.2, 0.25) is 0 Å². The third-order valence-electron chi connectivity index (χ3n) is 3.68. The van der Waals surface area contributed by atoms with E-state index in [9.17, 15) is 9.18 Å². The van der Waals surface area contributed by atoms with Gasteiger partial charge in [0, 0.05) is 12.6 Å². The van der Waals surface area contributed by atoms with E-state index in [-0.39, 0.29) is 18.0 Å². The lowest BCUT2D eigenvalue weighted by molar-refractivity contribution is 0.0990. The Morgan fingerprint density at radius 3 is 2.71 bits per heavy atom. The van der Waals surface area contributed by atoms with Crippen LogP contribution in [0.3, 0.4) is 0 Å². The van der Waals surface area contributed by atoms with Crippen molar-refractivity contribution in [2.24, 2.45) is 7.05 Å². The molecule has 0 atom stereocenters. The second-order valence-electron chi connectivity index (χ2n) is 5.14. The molecule has 0 N–H and O–H groups in total. The number of aromatic nitrogens is 2. The summed E-state index contributed by atoms with van der Waals surface area (Å²) >= 11 is 0. The molecule has 0 aliphatic heterocycles. The molecule has 0 unspecified atom stereocenters. The lowest BCUT2D eigenvalue weighted by Crippen LogP contribution is -2.08. The molecule has 0 aliphatic carbocycles. The fourth-order valence-corrected chi connectivity index (χ4v) is 2.42. The average Bonchev–Trinajstić information content (AvgIpc) is 2.79. The van der Waals surface area contributed by atoms with Crippen LogP contribution < -0.4 is 0 Å². The first kappa shape index (κ1) is 13.5. The van der Waals surface area contributed by atoms with E-state index in [1.807, 2.05) is 35.9 Å². The molecule has 1 heterocycles. The smallest absolute Gasteiger partial charge is 0.170 e. The number of fused-ring (bicyclic) bond motifs is 1. The van der Waals surface area contributed by atoms with Crippen molar-refractivity contribution in [3.05, 3.63) is 65.2 Å². The van der Waals surface area contributed by atoms with Crippen molar-refractivity contribution in [3.8, 4) is 0 Å². The van der Waals surface area contributed by atoms with Crippen LogP contribution in [0.15, 0.2) is 42.5 Å². The summed E-state index contributed by atoms with van der Waals surface area (Å²) in [7, 11) is 1.90. The molecule has 0 radical (unpaired) electrons. The van der Waals surface area contributed by atoms with Gasteiger partial charge in [-0.05, 0) is 42.8 Å². The number of aryl methyl sites for hydroxylation is 2. The van der Waals surface area contributed by atoms with Crippen LogP contribution in [0.25, 0.3) is 11.0 Å². The molecule has 106 valence electrons. The Balaban J connectivity index is 1.92. The summed E-state index contributed by atoms with van der Waals surface area (Å²) in [5, 5.41) is 0. The molecule has 0 saturated heterocycles. The highest BCUT2D eigenvalue weighted by Crippen LogP contribution is 2.17. The van der Waals surface area contributed by atoms with Crippen LogP contribution in [-0.4, -0.2) is 15.3 Å². The third kappa shape index (κ3) is 2.44. The van der Waals surface area contributed by atoms with Gasteiger partial charge in [0.1, 0.15) is 11.6 Å². The van der Waals surface area contributed by atoms with Crippen molar-refractivity contribution < 1.29 is 9.18 Å². The number of para-hydroxylation sites is 2. The number of hydrogen-bond acceptors (Lipinski definition) is 2. The standard InChI is InChI=1S/C17H15FN2O/c1-11-9-12(7-8-13(11)18)16(21)10-17-19-14-5-3-4-6-15(14)20(17)2/h3-9H,10H2,1-2H3. The van der Waals surface area contributed by atoms with Crippen molar-refractivity contribution in [1.29, 1.82) is 0 Å². The number of imidazole rings is 1. The highest BCUT2D eigenvalue weighted by Gasteiger charge is 2.14. The highest BCUT2D eigenvalue weighted by atomic mass is 19.1. The van der Waals surface area contributed by atoms with Crippen LogP contribution in [0, 0.1) is 12.7 Å². The Bertz CT molecular complexity index is 836. The largest absolute Gasteiger partial charge is 0.331 e. The Labute approximate surface area is 122 Å². The van der Waals surface area contributed by atoms with Crippen molar-refractivity contribution >= 4 is 16.8 Å². The van der Waals surface area contributed by atoms with Crippen molar-refractivity contribution in [2.75, 3.05) is 0 Å². The monoisotopic (exact) mass is 282 g/mol. The number of carbonyl (C=O) groups is 1. The van der Waals surface area contributed by atoms with Gasteiger partial charge in [0.05, 0.1) is 17.5 Å². The van der Waals surface area contributed by atoms with Crippen molar-refractivity contribution in [2.45, 2.75) is 13.3 Å². The molecule has 2 aromatic carbocycles. The summed E-state index contributed by atoms with van der Waals surface area (Å²) < 4.78 is 15.2. The van der Waals surface area contributed by atoms with E-state index < -0.39 is 0 Å². The van der Waals surface area contributed by atoms with E-state index in [4.69, 9.17) is 0 Å². The molecule has 0 aliphatic rings. The van der Waals surface area contributed by atoms with Gasteiger partial charge in [0.15, 0.2) is 5.78 Å². The van der Waals surface area contributed by atoms with Gasteiger partial charge in [0.25, 0.3) is 0 Å². The maximum atomic E-state index is 13.3. The summed E-state index contributed by atoms with van der Waals surface area (Å²) in [6.45, 7) is 1.65. The second-order valence-corrected chi connectivity index (χ2v) is 5.14. The molecule has 21 heavy (non-hydrogen) atoms. The van der Waals surface area contributed by atoms with E-state index in [1.54, 1.807) is 13.0 Å². The van der Waals surface area contributed by atoms with E-state index in [0.29, 0.717) is 17.0 Å². The van der Waals surface area contributed by atoms with Gasteiger partial charge in [0.2, 0.25) is 0 Å². The lowest BCUT2D eigenvalue weighted by Gasteiger charge is -2.04. The molecular weight excluding hydrogens is 267 g/mol. The number of ketones is 1. The van der Waals surface area contributed by atoms with Crippen LogP contribution >= 0.6 is 0 Å². The van der Waals surface area contributed by atoms with Gasteiger partial charge >= 0.3 is 0 Å². The minimum Gasteiger partial charge on any atom is -0.331 e. The minimum absolute atomic E-state index is 0.0588. The fraction of sp³-hybridized carbons (Fsp3) is 0.176. The molecule has 0 amide bonds. The lowest BCUT2D eigenvalue weighted by atomic mass is 10.1. The maximum absolute atomic E-state index is 13.3. The normalized spacial score (nSPS) is 11.0. The maximum Gasteiger partial charge on any atom is 0.170 e. The molecule has 0 fully saturated rings. The average molecular weight is 282 g/mol. The zero-order chi connectivity index (χ0) is 15.0. The van der Waals surface area contributed by atoms with E-state index in [2.05, 4.69) is 4.98 Å². The Hall–Kier alpha value is -2.49. The second kappa shape index (κ2) is 5.13. The van der Waals surface area contributed by atoms with Crippen LogP contribution in [0.4, 0.5) is 4.39 Å². The topological polar surface area (TPSA) is 34.9 Å². The predicted molar refractivity (Wildman–Crippen MR) is 79.9 cm³/mol. The van der Waals surface area contributed by atoms with Gasteiger partial charge < -0.3 is 4.57 Å². The molecule has 1 aromatic heterocycles. The molecule has 0 saturated carbocycles. The molecule has 0 bridgehead atoms. The highest BCUT2D eigenvalue weighted by molar-refractivity contribution is 5.97. The Morgan fingerprint density at radius 1 is 1.24 bits per heavy atom. The van der Waals surface area contributed by atoms with Gasteiger partial charge in [-0.15, -0.1) is 0 Å². The number of benzene rings is 2. The summed E-state index contributed by atoms with van der Waals surface area (Å²) in [5.74, 6) is 0.356. The number of hydrogen-bond donors (Lipinski definition) is 0. The zero-order valence-corrected chi connectivity index (χ0v) is 11.9. The SMILES string of the molecule is Cc1cc(C(=O)Cc2nc3ccccc3n2C)ccc1F. The number of carbonyl (C=O) groups excluding carboxylic acids is 1. The third-order valence-corrected chi connectivity index (χ3v) is 3.68. The first-order chi connectivity index (χ1) is 10.1. The van der Waals surface area contributed by atoms with Crippen LogP contribution in [0.1, 0.15) is 21.7 Å². The first-order valence-corrected chi connectivity index (χ1v) is 6.76. The van der Waals surface area contributed by atoms with Gasteiger partial charge in [-0.1, -0.05) is 12.1 Å². The van der Waals surface area contributed by atoms with Crippen molar-refractivity contribution in [3.63, 3.8) is 0 Å². The van der Waals surface area contributed by atoms with Crippen LogP contribution in [-0.2, 0) is 13.5 Å². The van der Waals surface area contributed by atoms with Gasteiger partial charge in [-0.3, -0.25) is 4.79 Å². The van der Waals surface area contributed by atoms with Crippen LogP contribution in [0.5, 0.6) is 0 Å². The molecule has 3 nitrogen and oxygen atoms in total. The molecular formula is C17H15FN2O. The van der Waals surface area contributed by atoms with Gasteiger partial charge in [-0.2, -0.15) is 0 Å². The Morgan fingerprint density at radius 2 is 2.00 bits per heavy atom. The molecule has 3 rings (SSSR count). The van der Waals surface area contributed by atoms with Gasteiger partial charge in [-0.25, -0.2) is 9.37 Å². The predicted octanol–water partition coefficient (Wildman–Crippen LogP) is 3.45. The van der Waals surface area contributed by atoms with E-state index >= 15 is 0 Å².